The molecule has 0 unspecified atom stereocenters. The van der Waals surface area contributed by atoms with E-state index in [9.17, 15) is 13.6 Å². The molecule has 5 aromatic rings. The van der Waals surface area contributed by atoms with E-state index >= 15 is 4.39 Å². The van der Waals surface area contributed by atoms with Crippen LogP contribution in [0.5, 0.6) is 5.88 Å². The molecule has 0 radical (unpaired) electrons. The lowest BCUT2D eigenvalue weighted by molar-refractivity contribution is 0.0601. The first-order valence-corrected chi connectivity index (χ1v) is 13.1. The lowest BCUT2D eigenvalue weighted by Crippen LogP contribution is -2.07. The number of halogens is 3. The molecular weight excluding hydrogens is 545 g/mol. The quantitative estimate of drug-likeness (QED) is 0.177. The number of methoxy groups -OCH3 is 1. The first-order chi connectivity index (χ1) is 20.4. The number of nitrogens with zero attached hydrogens (tertiary/aromatic N) is 4. The number of ether oxygens (including phenoxy) is 2. The zero-order valence-corrected chi connectivity index (χ0v) is 22.6. The first-order valence-electron chi connectivity index (χ1n) is 13.1. The lowest BCUT2D eigenvalue weighted by Gasteiger charge is -2.11. The third-order valence-corrected chi connectivity index (χ3v) is 6.74. The minimum atomic E-state index is -0.551. The van der Waals surface area contributed by atoms with Crippen molar-refractivity contribution in [2.24, 2.45) is 0 Å². The van der Waals surface area contributed by atoms with E-state index < -0.39 is 24.3 Å². The average Bonchev–Trinajstić information content (AvgIpc) is 3.35. The molecular formula is C32H25F3N4O3. The minimum absolute atomic E-state index is 0.0914. The van der Waals surface area contributed by atoms with E-state index in [4.69, 9.17) is 14.7 Å². The zero-order valence-electron chi connectivity index (χ0n) is 22.6. The Bertz CT molecular complexity index is 1810. The SMILES string of the molecule is COC(=O)c1ccc2nc(Cc3ccc(-c4cccc(OCc5ccc(C#N)cc5F)n4)cc3F)n(CCCF)c2c1. The van der Waals surface area contributed by atoms with Gasteiger partial charge in [0.2, 0.25) is 5.88 Å². The van der Waals surface area contributed by atoms with Crippen molar-refractivity contribution in [3.8, 4) is 23.2 Å². The number of carbonyl (C=O) groups is 1. The van der Waals surface area contributed by atoms with Crippen LogP contribution >= 0.6 is 0 Å². The van der Waals surface area contributed by atoms with Crippen molar-refractivity contribution in [3.05, 3.63) is 113 Å². The molecule has 7 nitrogen and oxygen atoms in total. The van der Waals surface area contributed by atoms with Crippen molar-refractivity contribution < 1.29 is 27.4 Å². The van der Waals surface area contributed by atoms with E-state index in [-0.39, 0.29) is 36.5 Å². The second-order valence-corrected chi connectivity index (χ2v) is 9.47. The highest BCUT2D eigenvalue weighted by molar-refractivity contribution is 5.93. The monoisotopic (exact) mass is 570 g/mol. The second-order valence-electron chi connectivity index (χ2n) is 9.47. The molecule has 0 spiro atoms. The van der Waals surface area contributed by atoms with Gasteiger partial charge >= 0.3 is 5.97 Å². The maximum atomic E-state index is 15.4. The van der Waals surface area contributed by atoms with Crippen LogP contribution in [0.3, 0.4) is 0 Å². The van der Waals surface area contributed by atoms with Gasteiger partial charge in [-0.3, -0.25) is 4.39 Å². The summed E-state index contributed by atoms with van der Waals surface area (Å²) in [6, 6.07) is 20.7. The third-order valence-electron chi connectivity index (χ3n) is 6.74. The van der Waals surface area contributed by atoms with Crippen LogP contribution in [0.2, 0.25) is 0 Å². The first kappa shape index (κ1) is 28.4. The summed E-state index contributed by atoms with van der Waals surface area (Å²) >= 11 is 0. The second kappa shape index (κ2) is 12.6. The summed E-state index contributed by atoms with van der Waals surface area (Å²) < 4.78 is 54.9. The molecule has 5 rings (SSSR count). The highest BCUT2D eigenvalue weighted by Gasteiger charge is 2.17. The van der Waals surface area contributed by atoms with E-state index in [0.717, 1.165) is 6.07 Å². The molecule has 2 aromatic heterocycles. The van der Waals surface area contributed by atoms with Gasteiger partial charge in [0.1, 0.15) is 24.1 Å². The molecule has 2 heterocycles. The van der Waals surface area contributed by atoms with Crippen LogP contribution in [-0.4, -0.2) is 34.3 Å². The Hall–Kier alpha value is -5.17. The van der Waals surface area contributed by atoms with Crippen molar-refractivity contribution in [1.82, 2.24) is 14.5 Å². The van der Waals surface area contributed by atoms with Crippen LogP contribution < -0.4 is 4.74 Å². The Balaban J connectivity index is 1.37. The molecule has 0 amide bonds. The Morgan fingerprint density at radius 3 is 2.52 bits per heavy atom. The minimum Gasteiger partial charge on any atom is -0.473 e. The largest absolute Gasteiger partial charge is 0.473 e. The van der Waals surface area contributed by atoms with Gasteiger partial charge in [0.15, 0.2) is 0 Å². The number of benzene rings is 3. The molecule has 3 aromatic carbocycles. The fourth-order valence-electron chi connectivity index (χ4n) is 4.58. The fraction of sp³-hybridized carbons (Fsp3) is 0.188. The molecule has 0 saturated heterocycles. The van der Waals surface area contributed by atoms with Crippen LogP contribution in [0.15, 0.2) is 72.8 Å². The number of aromatic nitrogens is 3. The van der Waals surface area contributed by atoms with Crippen LogP contribution in [0.25, 0.3) is 22.3 Å². The number of hydrogen-bond donors (Lipinski definition) is 0. The summed E-state index contributed by atoms with van der Waals surface area (Å²) in [4.78, 5) is 21.1. The number of pyridine rings is 1. The maximum absolute atomic E-state index is 15.4. The van der Waals surface area contributed by atoms with Crippen molar-refractivity contribution in [3.63, 3.8) is 0 Å². The van der Waals surface area contributed by atoms with Crippen molar-refractivity contribution >= 4 is 17.0 Å². The lowest BCUT2D eigenvalue weighted by atomic mass is 10.1. The van der Waals surface area contributed by atoms with E-state index in [0.29, 0.717) is 45.8 Å². The Morgan fingerprint density at radius 1 is 0.976 bits per heavy atom. The van der Waals surface area contributed by atoms with Crippen LogP contribution in [0, 0.1) is 23.0 Å². The standard InChI is InChI=1S/C32H25F3N4O3/c1-41-32(40)23-10-11-28-29(16-23)39(13-3-12-33)30(37-28)17-21-8-9-22(15-26(21)35)27-4-2-5-31(38-27)42-19-24-7-6-20(18-36)14-25(24)34/h2,4-11,14-16H,3,12-13,17,19H2,1H3. The van der Waals surface area contributed by atoms with Crippen LogP contribution in [0.1, 0.15) is 39.3 Å². The van der Waals surface area contributed by atoms with Crippen molar-refractivity contribution in [2.45, 2.75) is 26.0 Å². The van der Waals surface area contributed by atoms with Gasteiger partial charge in [-0.05, 0) is 54.4 Å². The molecule has 0 fully saturated rings. The molecule has 0 saturated carbocycles. The number of rotatable bonds is 10. The van der Waals surface area contributed by atoms with Gasteiger partial charge in [-0.15, -0.1) is 0 Å². The van der Waals surface area contributed by atoms with E-state index in [1.54, 1.807) is 53.1 Å². The molecule has 0 aliphatic carbocycles. The summed E-state index contributed by atoms with van der Waals surface area (Å²) in [6.45, 7) is -0.307. The number of nitriles is 1. The predicted molar refractivity (Wildman–Crippen MR) is 150 cm³/mol. The summed E-state index contributed by atoms with van der Waals surface area (Å²) in [5, 5.41) is 8.90. The van der Waals surface area contributed by atoms with Gasteiger partial charge in [-0.1, -0.05) is 24.3 Å². The smallest absolute Gasteiger partial charge is 0.337 e. The number of alkyl halides is 1. The van der Waals surface area contributed by atoms with Gasteiger partial charge < -0.3 is 14.0 Å². The normalized spacial score (nSPS) is 10.9. The summed E-state index contributed by atoms with van der Waals surface area (Å²) in [7, 11) is 1.29. The van der Waals surface area contributed by atoms with Gasteiger partial charge in [0, 0.05) is 30.2 Å². The molecule has 0 atom stereocenters. The summed E-state index contributed by atoms with van der Waals surface area (Å²) in [5.41, 5.74) is 3.43. The zero-order chi connectivity index (χ0) is 29.6. The van der Waals surface area contributed by atoms with Gasteiger partial charge in [0.25, 0.3) is 0 Å². The maximum Gasteiger partial charge on any atom is 0.337 e. The molecule has 0 aliphatic rings. The van der Waals surface area contributed by atoms with Gasteiger partial charge in [-0.25, -0.2) is 23.5 Å². The number of aryl methyl sites for hydroxylation is 1. The number of esters is 1. The number of carbonyl (C=O) groups excluding carboxylic acids is 1. The number of fused-ring (bicyclic) bond motifs is 1. The topological polar surface area (TPSA) is 90.0 Å². The number of imidazole rings is 1. The van der Waals surface area contributed by atoms with Gasteiger partial charge in [-0.2, -0.15) is 5.26 Å². The van der Waals surface area contributed by atoms with E-state index in [2.05, 4.69) is 9.97 Å². The highest BCUT2D eigenvalue weighted by atomic mass is 19.1. The molecule has 212 valence electrons. The Kier molecular flexibility index (Phi) is 8.48. The van der Waals surface area contributed by atoms with Crippen molar-refractivity contribution in [1.29, 1.82) is 5.26 Å². The van der Waals surface area contributed by atoms with E-state index in [1.165, 1.54) is 25.3 Å². The van der Waals surface area contributed by atoms with Crippen LogP contribution in [-0.2, 0) is 24.3 Å². The van der Waals surface area contributed by atoms with E-state index in [1.807, 2.05) is 6.07 Å². The Labute approximate surface area is 239 Å². The molecule has 42 heavy (non-hydrogen) atoms. The van der Waals surface area contributed by atoms with Crippen molar-refractivity contribution in [2.75, 3.05) is 13.8 Å². The number of hydrogen-bond acceptors (Lipinski definition) is 6. The third kappa shape index (κ3) is 6.10. The summed E-state index contributed by atoms with van der Waals surface area (Å²) in [5.74, 6) is -0.753. The molecule has 0 bridgehead atoms. The molecule has 0 aliphatic heterocycles. The van der Waals surface area contributed by atoms with Crippen LogP contribution in [0.4, 0.5) is 13.2 Å². The summed E-state index contributed by atoms with van der Waals surface area (Å²) in [6.07, 6.45) is 0.387. The molecule has 10 heteroatoms. The molecule has 0 N–H and O–H groups in total. The average molecular weight is 571 g/mol. The predicted octanol–water partition coefficient (Wildman–Crippen LogP) is 6.56. The fourth-order valence-corrected chi connectivity index (χ4v) is 4.58. The highest BCUT2D eigenvalue weighted by Crippen LogP contribution is 2.26. The van der Waals surface area contributed by atoms with Gasteiger partial charge in [0.05, 0.1) is 47.7 Å². The Morgan fingerprint density at radius 2 is 1.79 bits per heavy atom.